The van der Waals surface area contributed by atoms with E-state index in [1.807, 2.05) is 44.2 Å². The number of Topliss-reactive ketones (excluding diaryl/α,β-unsaturated/α-hetero) is 1. The predicted molar refractivity (Wildman–Crippen MR) is 241 cm³/mol. The van der Waals surface area contributed by atoms with Crippen molar-refractivity contribution >= 4 is 23.4 Å². The van der Waals surface area contributed by atoms with E-state index in [2.05, 4.69) is 17.2 Å². The smallest absolute Gasteiger partial charge is 0.334 e. The topological polar surface area (TPSA) is 192 Å². The fraction of sp³-hybridized carbons (Fsp3) is 0.519. The van der Waals surface area contributed by atoms with E-state index < -0.39 is 53.1 Å². The number of phenols is 1. The van der Waals surface area contributed by atoms with Gasteiger partial charge in [0.05, 0.1) is 30.7 Å². The van der Waals surface area contributed by atoms with Gasteiger partial charge in [0.15, 0.2) is 0 Å². The molecular formula is C52H63NO11. The molecule has 64 heavy (non-hydrogen) atoms. The molecule has 4 aliphatic rings. The van der Waals surface area contributed by atoms with Crippen molar-refractivity contribution in [2.24, 2.45) is 11.8 Å². The molecule has 0 aromatic heterocycles. The van der Waals surface area contributed by atoms with Gasteiger partial charge >= 0.3 is 11.9 Å². The van der Waals surface area contributed by atoms with Crippen LogP contribution in [0.2, 0.25) is 0 Å². The molecule has 1 aliphatic carbocycles. The van der Waals surface area contributed by atoms with Crippen molar-refractivity contribution in [3.05, 3.63) is 99.1 Å². The third-order valence-corrected chi connectivity index (χ3v) is 13.7. The number of aliphatic hydroxyl groups excluding tert-OH is 2. The number of esters is 2. The van der Waals surface area contributed by atoms with Crippen LogP contribution < -0.4 is 10.1 Å². The van der Waals surface area contributed by atoms with Crippen LogP contribution in [0.4, 0.5) is 5.69 Å². The average Bonchev–Trinajstić information content (AvgIpc) is 3.27. The molecule has 1 saturated carbocycles. The Bertz CT molecular complexity index is 2320. The van der Waals surface area contributed by atoms with Crippen LogP contribution in [0.25, 0.3) is 0 Å². The molecule has 0 saturated heterocycles. The largest absolute Gasteiger partial charge is 0.507 e. The van der Waals surface area contributed by atoms with Crippen molar-refractivity contribution in [2.75, 3.05) is 25.6 Å². The van der Waals surface area contributed by atoms with Crippen LogP contribution in [0.15, 0.2) is 60.2 Å². The standard InChI is InChI=1S/C52H63NO11/c1-5-14-52(61)40-12-13-45(56)37(23-40)18-31-8-7-9-32(17-31)21-42(55)25-39-22-34(36-19-33(29-54)20-41(24-36)53-30-51(3,60)15-16-62-4)10-11-35-28-47(57)64-49-43(6-2)48(58)38(26-44(35)49)27-46(52)63-50(39)59/h7-9,17,19-20,24-26,34-35,37,40,42,46,53-55,58,60-61H,5-6,12-16,18,21-23,27-30H2,1-4H3. The molecule has 8 atom stereocenters. The maximum absolute atomic E-state index is 15.1. The van der Waals surface area contributed by atoms with Crippen molar-refractivity contribution in [1.29, 1.82) is 0 Å². The minimum Gasteiger partial charge on any atom is -0.507 e. The van der Waals surface area contributed by atoms with Gasteiger partial charge in [-0.2, -0.15) is 0 Å². The highest BCUT2D eigenvalue weighted by atomic mass is 16.6. The van der Waals surface area contributed by atoms with Crippen molar-refractivity contribution in [1.82, 2.24) is 0 Å². The number of aliphatic hydroxyl groups is 4. The van der Waals surface area contributed by atoms with Crippen molar-refractivity contribution in [2.45, 2.75) is 140 Å². The molecule has 7 rings (SSSR count). The van der Waals surface area contributed by atoms with Gasteiger partial charge in [-0.05, 0) is 103 Å². The number of aromatic hydroxyl groups is 1. The molecule has 12 heteroatoms. The lowest BCUT2D eigenvalue weighted by Crippen LogP contribution is -2.54. The van der Waals surface area contributed by atoms with Gasteiger partial charge in [0.25, 0.3) is 0 Å². The lowest BCUT2D eigenvalue weighted by atomic mass is 9.66. The molecule has 3 heterocycles. The second kappa shape index (κ2) is 20.0. The van der Waals surface area contributed by atoms with Crippen LogP contribution in [0.1, 0.15) is 123 Å². The number of fused-ring (bicyclic) bond motifs is 8. The third-order valence-electron chi connectivity index (χ3n) is 13.7. The molecule has 3 aliphatic heterocycles. The van der Waals surface area contributed by atoms with Gasteiger partial charge in [-0.25, -0.2) is 4.79 Å². The number of nitrogens with one attached hydrogen (secondary N) is 1. The Balaban J connectivity index is 1.43. The van der Waals surface area contributed by atoms with E-state index in [1.54, 1.807) is 32.2 Å². The Morgan fingerprint density at radius 1 is 0.984 bits per heavy atom. The van der Waals surface area contributed by atoms with E-state index in [1.165, 1.54) is 6.08 Å². The van der Waals surface area contributed by atoms with Crippen molar-refractivity contribution < 1.29 is 54.1 Å². The number of benzene rings is 3. The zero-order valence-corrected chi connectivity index (χ0v) is 37.5. The molecule has 1 fully saturated rings. The van der Waals surface area contributed by atoms with Gasteiger partial charge < -0.3 is 45.1 Å². The van der Waals surface area contributed by atoms with Gasteiger partial charge in [0, 0.05) is 80.2 Å². The Labute approximate surface area is 376 Å². The third kappa shape index (κ3) is 10.6. The van der Waals surface area contributed by atoms with E-state index in [0.29, 0.717) is 78.6 Å². The summed E-state index contributed by atoms with van der Waals surface area (Å²) < 4.78 is 17.6. The minimum absolute atomic E-state index is 0.0607. The number of carbonyl (C=O) groups excluding carboxylic acids is 3. The molecule has 8 bridgehead atoms. The number of ketones is 1. The maximum Gasteiger partial charge on any atom is 0.334 e. The summed E-state index contributed by atoms with van der Waals surface area (Å²) in [5.41, 5.74) is 2.29. The Hall–Kier alpha value is -5.03. The van der Waals surface area contributed by atoms with Crippen LogP contribution in [0, 0.1) is 23.7 Å². The number of ether oxygens (including phenoxy) is 3. The lowest BCUT2D eigenvalue weighted by molar-refractivity contribution is -0.176. The molecule has 0 radical (unpaired) electrons. The maximum atomic E-state index is 15.1. The van der Waals surface area contributed by atoms with Gasteiger partial charge in [0.1, 0.15) is 29.0 Å². The Kier molecular flexibility index (Phi) is 14.7. The van der Waals surface area contributed by atoms with Crippen molar-refractivity contribution in [3.63, 3.8) is 0 Å². The number of methoxy groups -OCH3 is 1. The minimum atomic E-state index is -1.63. The summed E-state index contributed by atoms with van der Waals surface area (Å²) in [6, 6.07) is 14.9. The number of carbonyl (C=O) groups is 3. The molecule has 3 aromatic carbocycles. The first kappa shape index (κ1) is 46.9. The number of anilines is 1. The van der Waals surface area contributed by atoms with Crippen LogP contribution >= 0.6 is 0 Å². The summed E-state index contributed by atoms with van der Waals surface area (Å²) in [5.74, 6) is 3.47. The fourth-order valence-electron chi connectivity index (χ4n) is 10.1. The molecule has 12 nitrogen and oxygen atoms in total. The van der Waals surface area contributed by atoms with Crippen LogP contribution in [-0.4, -0.2) is 86.9 Å². The van der Waals surface area contributed by atoms with Gasteiger partial charge in [-0.15, -0.1) is 0 Å². The molecule has 3 aromatic rings. The highest BCUT2D eigenvalue weighted by Gasteiger charge is 2.49. The summed E-state index contributed by atoms with van der Waals surface area (Å²) in [5, 5.41) is 61.8. The highest BCUT2D eigenvalue weighted by molar-refractivity contribution is 5.89. The quantitative estimate of drug-likeness (QED) is 0.0719. The molecule has 0 amide bonds. The van der Waals surface area contributed by atoms with E-state index in [4.69, 9.17) is 14.2 Å². The Morgan fingerprint density at radius 3 is 2.48 bits per heavy atom. The first-order valence-corrected chi connectivity index (χ1v) is 22.8. The second-order valence-electron chi connectivity index (χ2n) is 18.6. The highest BCUT2D eigenvalue weighted by Crippen LogP contribution is 2.47. The Morgan fingerprint density at radius 2 is 1.75 bits per heavy atom. The van der Waals surface area contributed by atoms with Crippen LogP contribution in [-0.2, 0) is 56.1 Å². The number of rotatable bonds is 11. The summed E-state index contributed by atoms with van der Waals surface area (Å²) in [6.45, 7) is 5.70. The normalized spacial score (nSPS) is 26.8. The summed E-state index contributed by atoms with van der Waals surface area (Å²) in [7, 11) is 1.57. The predicted octanol–water partition coefficient (Wildman–Crippen LogP) is 6.29. The summed E-state index contributed by atoms with van der Waals surface area (Å²) in [4.78, 5) is 41.9. The van der Waals surface area contributed by atoms with Gasteiger partial charge in [-0.1, -0.05) is 62.4 Å². The first-order chi connectivity index (χ1) is 30.6. The molecular weight excluding hydrogens is 815 g/mol. The summed E-state index contributed by atoms with van der Waals surface area (Å²) in [6.07, 6.45) is 2.03. The number of phenolic OH excluding ortho intramolecular Hbond substituents is 1. The SMILES string of the molecule is CCCC1(O)C2CCC(=O)C(Cc3cccc(c3)CC(O)C=C3CC(c4cc(CO)cc(NCC(C)(O)CCOC)c4)C#CC4CC(=O)Oc5c4cc(c(O)c5CC)CC1OC3=O)C2. The monoisotopic (exact) mass is 877 g/mol. The number of hydrogen-bond donors (Lipinski definition) is 6. The van der Waals surface area contributed by atoms with Crippen LogP contribution in [0.3, 0.4) is 0 Å². The van der Waals surface area contributed by atoms with E-state index in [9.17, 15) is 35.1 Å². The van der Waals surface area contributed by atoms with Gasteiger partial charge in [-0.3, -0.25) is 9.59 Å². The average molecular weight is 878 g/mol. The zero-order valence-electron chi connectivity index (χ0n) is 37.5. The van der Waals surface area contributed by atoms with Crippen LogP contribution in [0.5, 0.6) is 11.5 Å². The molecule has 8 unspecified atom stereocenters. The second-order valence-corrected chi connectivity index (χ2v) is 18.6. The molecule has 0 spiro atoms. The fourth-order valence-corrected chi connectivity index (χ4v) is 10.1. The van der Waals surface area contributed by atoms with Crippen molar-refractivity contribution in [3.8, 4) is 23.3 Å². The lowest BCUT2D eigenvalue weighted by Gasteiger charge is -2.45. The number of hydrogen-bond acceptors (Lipinski definition) is 12. The molecule has 342 valence electrons. The van der Waals surface area contributed by atoms with E-state index in [0.717, 1.165) is 11.1 Å². The molecule has 6 N–H and O–H groups in total. The summed E-state index contributed by atoms with van der Waals surface area (Å²) >= 11 is 0. The first-order valence-electron chi connectivity index (χ1n) is 22.8. The van der Waals surface area contributed by atoms with E-state index in [-0.39, 0.29) is 80.4 Å². The van der Waals surface area contributed by atoms with Gasteiger partial charge in [0.2, 0.25) is 0 Å². The van der Waals surface area contributed by atoms with E-state index >= 15 is 4.79 Å². The zero-order chi connectivity index (χ0) is 45.8.